The fraction of sp³-hybridized carbons (Fsp3) is 0.364. The summed E-state index contributed by atoms with van der Waals surface area (Å²) >= 11 is 0. The van der Waals surface area contributed by atoms with Crippen LogP contribution in [0.25, 0.3) is 0 Å². The summed E-state index contributed by atoms with van der Waals surface area (Å²) in [4.78, 5) is 11.1. The molecule has 1 aromatic carbocycles. The Morgan fingerprint density at radius 2 is 1.94 bits per heavy atom. The van der Waals surface area contributed by atoms with Crippen LogP contribution < -0.4 is 10.5 Å². The fourth-order valence-electron chi connectivity index (χ4n) is 1.23. The lowest BCUT2D eigenvalue weighted by Crippen LogP contribution is -2.23. The van der Waals surface area contributed by atoms with E-state index in [-0.39, 0.29) is 0 Å². The number of hydrogen-bond acceptors (Lipinski definition) is 3. The van der Waals surface area contributed by atoms with Crippen LogP contribution in [0.1, 0.15) is 29.8 Å². The van der Waals surface area contributed by atoms with Crippen LogP contribution in [-0.4, -0.2) is 19.6 Å². The molecule has 0 radical (unpaired) electrons. The van der Waals surface area contributed by atoms with Crippen LogP contribution in [0.2, 0.25) is 0 Å². The molecule has 0 saturated carbocycles. The third-order valence-corrected chi connectivity index (χ3v) is 4.15. The zero-order valence-corrected chi connectivity index (χ0v) is 10.8. The lowest BCUT2D eigenvalue weighted by molar-refractivity contribution is 0.0999. The molecule has 0 fully saturated rings. The molecule has 1 rings (SSSR count). The van der Waals surface area contributed by atoms with E-state index in [0.717, 1.165) is 0 Å². The van der Waals surface area contributed by atoms with Gasteiger partial charge in [-0.25, -0.2) is 8.42 Å². The number of hydrogen-bond donors (Lipinski definition) is 2. The van der Waals surface area contributed by atoms with E-state index in [9.17, 15) is 13.2 Å². The number of aryl methyl sites for hydroxylation is 1. The molecule has 0 aliphatic heterocycles. The van der Waals surface area contributed by atoms with Crippen LogP contribution in [-0.2, 0) is 10.0 Å². The number of sulfonamides is 1. The van der Waals surface area contributed by atoms with Crippen molar-refractivity contribution in [3.05, 3.63) is 29.3 Å². The monoisotopic (exact) mass is 256 g/mol. The Kier molecular flexibility index (Phi) is 3.77. The Bertz CT molecular complexity index is 536. The molecule has 0 saturated heterocycles. The van der Waals surface area contributed by atoms with E-state index in [1.54, 1.807) is 32.9 Å². The second kappa shape index (κ2) is 4.75. The molecule has 1 aromatic rings. The van der Waals surface area contributed by atoms with E-state index in [1.165, 1.54) is 6.07 Å². The molecule has 3 N–H and O–H groups in total. The number of benzene rings is 1. The first kappa shape index (κ1) is 13.5. The van der Waals surface area contributed by atoms with Crippen LogP contribution in [0.3, 0.4) is 0 Å². The van der Waals surface area contributed by atoms with Gasteiger partial charge >= 0.3 is 0 Å². The second-order valence-corrected chi connectivity index (χ2v) is 6.33. The molecule has 94 valence electrons. The first-order chi connectivity index (χ1) is 7.74. The molecular weight excluding hydrogens is 240 g/mol. The van der Waals surface area contributed by atoms with Crippen molar-refractivity contribution < 1.29 is 13.2 Å². The summed E-state index contributed by atoms with van der Waals surface area (Å²) in [5, 5.41) is -0.541. The van der Waals surface area contributed by atoms with Crippen molar-refractivity contribution in [3.8, 4) is 0 Å². The minimum atomic E-state index is -3.41. The van der Waals surface area contributed by atoms with Crippen molar-refractivity contribution in [2.75, 3.05) is 4.72 Å². The summed E-state index contributed by atoms with van der Waals surface area (Å²) in [6, 6.07) is 4.69. The van der Waals surface area contributed by atoms with Gasteiger partial charge in [-0.15, -0.1) is 0 Å². The third kappa shape index (κ3) is 3.20. The molecule has 0 aromatic heterocycles. The summed E-state index contributed by atoms with van der Waals surface area (Å²) in [6.45, 7) is 4.89. The van der Waals surface area contributed by atoms with Crippen LogP contribution >= 0.6 is 0 Å². The Balaban J connectivity index is 3.10. The highest BCUT2D eigenvalue weighted by Gasteiger charge is 2.16. The Morgan fingerprint density at radius 1 is 1.35 bits per heavy atom. The van der Waals surface area contributed by atoms with Gasteiger partial charge in [0.05, 0.1) is 5.25 Å². The van der Waals surface area contributed by atoms with E-state index in [1.807, 2.05) is 0 Å². The number of carbonyl (C=O) groups is 1. The minimum absolute atomic E-state index is 0.314. The molecular formula is C11H16N2O3S. The molecule has 17 heavy (non-hydrogen) atoms. The predicted molar refractivity (Wildman–Crippen MR) is 67.4 cm³/mol. The summed E-state index contributed by atoms with van der Waals surface area (Å²) in [6.07, 6.45) is 0. The van der Waals surface area contributed by atoms with Crippen molar-refractivity contribution in [1.82, 2.24) is 0 Å². The molecule has 0 unspecified atom stereocenters. The molecule has 6 heteroatoms. The summed E-state index contributed by atoms with van der Waals surface area (Å²) in [7, 11) is -3.41. The molecule has 5 nitrogen and oxygen atoms in total. The molecule has 1 amide bonds. The zero-order chi connectivity index (χ0) is 13.2. The zero-order valence-electron chi connectivity index (χ0n) is 10.0. The third-order valence-electron chi connectivity index (χ3n) is 2.38. The first-order valence-corrected chi connectivity index (χ1v) is 6.71. The highest BCUT2D eigenvalue weighted by atomic mass is 32.2. The number of nitrogens with two attached hydrogens (primary N) is 1. The van der Waals surface area contributed by atoms with E-state index in [4.69, 9.17) is 5.73 Å². The van der Waals surface area contributed by atoms with Gasteiger partial charge in [-0.3, -0.25) is 9.52 Å². The van der Waals surface area contributed by atoms with Crippen LogP contribution in [0.4, 0.5) is 5.69 Å². The second-order valence-electron chi connectivity index (χ2n) is 4.09. The van der Waals surface area contributed by atoms with Gasteiger partial charge in [-0.2, -0.15) is 0 Å². The quantitative estimate of drug-likeness (QED) is 0.849. The predicted octanol–water partition coefficient (Wildman–Crippen LogP) is 1.24. The van der Waals surface area contributed by atoms with Crippen molar-refractivity contribution in [3.63, 3.8) is 0 Å². The standard InChI is InChI=1S/C11H16N2O3S/c1-7(2)17(15,16)13-9-5-4-8(3)10(6-9)11(12)14/h4-7,13H,1-3H3,(H2,12,14). The number of nitrogens with one attached hydrogen (secondary N) is 1. The number of anilines is 1. The number of rotatable bonds is 4. The van der Waals surface area contributed by atoms with Gasteiger partial charge in [-0.1, -0.05) is 6.07 Å². The van der Waals surface area contributed by atoms with Crippen LogP contribution in [0.15, 0.2) is 18.2 Å². The summed E-state index contributed by atoms with van der Waals surface area (Å²) in [5.41, 5.74) is 6.56. The van der Waals surface area contributed by atoms with E-state index >= 15 is 0 Å². The Labute approximate surface area is 101 Å². The number of primary amides is 1. The molecule has 0 atom stereocenters. The fourth-order valence-corrected chi connectivity index (χ4v) is 1.92. The maximum atomic E-state index is 11.6. The van der Waals surface area contributed by atoms with E-state index < -0.39 is 21.2 Å². The van der Waals surface area contributed by atoms with Crippen molar-refractivity contribution >= 4 is 21.6 Å². The van der Waals surface area contributed by atoms with Crippen molar-refractivity contribution in [2.45, 2.75) is 26.0 Å². The normalized spacial score (nSPS) is 11.5. The molecule has 0 bridgehead atoms. The van der Waals surface area contributed by atoms with Gasteiger partial charge in [-0.05, 0) is 38.5 Å². The average Bonchev–Trinajstić information content (AvgIpc) is 2.20. The Hall–Kier alpha value is -1.56. The largest absolute Gasteiger partial charge is 0.366 e. The maximum Gasteiger partial charge on any atom is 0.249 e. The van der Waals surface area contributed by atoms with Crippen LogP contribution in [0.5, 0.6) is 0 Å². The number of amides is 1. The van der Waals surface area contributed by atoms with Gasteiger partial charge in [0, 0.05) is 11.3 Å². The SMILES string of the molecule is Cc1ccc(NS(=O)(=O)C(C)C)cc1C(N)=O. The molecule has 0 spiro atoms. The van der Waals surface area contributed by atoms with Gasteiger partial charge in [0.2, 0.25) is 15.9 Å². The Morgan fingerprint density at radius 3 is 2.41 bits per heavy atom. The summed E-state index contributed by atoms with van der Waals surface area (Å²) < 4.78 is 25.7. The summed E-state index contributed by atoms with van der Waals surface area (Å²) in [5.74, 6) is -0.576. The van der Waals surface area contributed by atoms with Gasteiger partial charge in [0.25, 0.3) is 0 Å². The topological polar surface area (TPSA) is 89.3 Å². The van der Waals surface area contributed by atoms with Gasteiger partial charge in [0.1, 0.15) is 0 Å². The molecule has 0 aliphatic rings. The lowest BCUT2D eigenvalue weighted by Gasteiger charge is -2.12. The van der Waals surface area contributed by atoms with E-state index in [2.05, 4.69) is 4.72 Å². The lowest BCUT2D eigenvalue weighted by atomic mass is 10.1. The van der Waals surface area contributed by atoms with Crippen molar-refractivity contribution in [2.24, 2.45) is 5.73 Å². The molecule has 0 aliphatic carbocycles. The number of carbonyl (C=O) groups excluding carboxylic acids is 1. The minimum Gasteiger partial charge on any atom is -0.366 e. The molecule has 0 heterocycles. The van der Waals surface area contributed by atoms with Crippen LogP contribution in [0, 0.1) is 6.92 Å². The van der Waals surface area contributed by atoms with Crippen molar-refractivity contribution in [1.29, 1.82) is 0 Å². The average molecular weight is 256 g/mol. The van der Waals surface area contributed by atoms with Gasteiger partial charge in [0.15, 0.2) is 0 Å². The highest BCUT2D eigenvalue weighted by molar-refractivity contribution is 7.93. The van der Waals surface area contributed by atoms with E-state index in [0.29, 0.717) is 16.8 Å². The first-order valence-electron chi connectivity index (χ1n) is 5.16. The maximum absolute atomic E-state index is 11.6. The highest BCUT2D eigenvalue weighted by Crippen LogP contribution is 2.17. The van der Waals surface area contributed by atoms with Gasteiger partial charge < -0.3 is 5.73 Å². The smallest absolute Gasteiger partial charge is 0.249 e.